The Balaban J connectivity index is 1.70. The number of thioether (sulfide) groups is 1. The van der Waals surface area contributed by atoms with Crippen LogP contribution in [0.2, 0.25) is 0 Å². The van der Waals surface area contributed by atoms with Gasteiger partial charge in [-0.2, -0.15) is 11.8 Å². The second kappa shape index (κ2) is 5.58. The molecule has 0 radical (unpaired) electrons. The molecule has 1 saturated carbocycles. The van der Waals surface area contributed by atoms with Crippen LogP contribution >= 0.6 is 11.8 Å². The van der Waals surface area contributed by atoms with Gasteiger partial charge in [-0.25, -0.2) is 0 Å². The molecule has 2 fully saturated rings. The van der Waals surface area contributed by atoms with Crippen LogP contribution in [0.1, 0.15) is 51.9 Å². The molecule has 0 aromatic heterocycles. The van der Waals surface area contributed by atoms with E-state index < -0.39 is 0 Å². The molecular formula is C13H25NS. The molecule has 1 atom stereocenters. The smallest absolute Gasteiger partial charge is 0.0158 e. The molecule has 1 nitrogen and oxygen atoms in total. The van der Waals surface area contributed by atoms with Crippen molar-refractivity contribution in [3.8, 4) is 0 Å². The van der Waals surface area contributed by atoms with Gasteiger partial charge in [-0.3, -0.25) is 0 Å². The van der Waals surface area contributed by atoms with E-state index in [2.05, 4.69) is 24.0 Å². The highest BCUT2D eigenvalue weighted by molar-refractivity contribution is 7.99. The molecule has 2 heteroatoms. The van der Waals surface area contributed by atoms with E-state index in [1.807, 2.05) is 0 Å². The average molecular weight is 227 g/mol. The van der Waals surface area contributed by atoms with E-state index >= 15 is 0 Å². The number of hydrogen-bond donors (Lipinski definition) is 1. The van der Waals surface area contributed by atoms with Crippen molar-refractivity contribution in [1.82, 2.24) is 5.32 Å². The van der Waals surface area contributed by atoms with Crippen molar-refractivity contribution < 1.29 is 0 Å². The quantitative estimate of drug-likeness (QED) is 0.792. The molecule has 1 unspecified atom stereocenters. The summed E-state index contributed by atoms with van der Waals surface area (Å²) in [6.45, 7) is 3.74. The third-order valence-corrected chi connectivity index (χ3v) is 5.25. The van der Waals surface area contributed by atoms with Gasteiger partial charge in [0.2, 0.25) is 0 Å². The SMILES string of the molecule is CC1(CNC2CCCSC2)CCCCC1. The van der Waals surface area contributed by atoms with Crippen molar-refractivity contribution in [3.05, 3.63) is 0 Å². The maximum Gasteiger partial charge on any atom is 0.0158 e. The maximum absolute atomic E-state index is 3.81. The van der Waals surface area contributed by atoms with Crippen molar-refractivity contribution in [2.45, 2.75) is 57.9 Å². The van der Waals surface area contributed by atoms with Crippen LogP contribution in [0.3, 0.4) is 0 Å². The van der Waals surface area contributed by atoms with Gasteiger partial charge in [0.05, 0.1) is 0 Å². The first-order valence-corrected chi connectivity index (χ1v) is 7.75. The highest BCUT2D eigenvalue weighted by atomic mass is 32.2. The normalized spacial score (nSPS) is 31.4. The van der Waals surface area contributed by atoms with Gasteiger partial charge in [0.15, 0.2) is 0 Å². The Labute approximate surface area is 98.8 Å². The highest BCUT2D eigenvalue weighted by Crippen LogP contribution is 2.35. The first-order chi connectivity index (χ1) is 7.29. The minimum Gasteiger partial charge on any atom is -0.313 e. The lowest BCUT2D eigenvalue weighted by Crippen LogP contribution is -2.41. The molecular weight excluding hydrogens is 202 g/mol. The molecule has 0 spiro atoms. The molecule has 15 heavy (non-hydrogen) atoms. The monoisotopic (exact) mass is 227 g/mol. The number of rotatable bonds is 3. The third-order valence-electron chi connectivity index (χ3n) is 4.04. The van der Waals surface area contributed by atoms with Crippen molar-refractivity contribution >= 4 is 11.8 Å². The fourth-order valence-corrected chi connectivity index (χ4v) is 3.98. The predicted octanol–water partition coefficient (Wildman–Crippen LogP) is 3.44. The molecule has 2 aliphatic rings. The second-order valence-electron chi connectivity index (χ2n) is 5.67. The topological polar surface area (TPSA) is 12.0 Å². The summed E-state index contributed by atoms with van der Waals surface area (Å²) < 4.78 is 0. The van der Waals surface area contributed by atoms with Crippen LogP contribution < -0.4 is 5.32 Å². The molecule has 88 valence electrons. The molecule has 0 bridgehead atoms. The van der Waals surface area contributed by atoms with Crippen molar-refractivity contribution in [2.24, 2.45) is 5.41 Å². The van der Waals surface area contributed by atoms with Gasteiger partial charge in [0.1, 0.15) is 0 Å². The van der Waals surface area contributed by atoms with Gasteiger partial charge in [-0.05, 0) is 36.9 Å². The zero-order chi connectivity index (χ0) is 10.6. The number of nitrogens with one attached hydrogen (secondary N) is 1. The van der Waals surface area contributed by atoms with Crippen LogP contribution in [0.15, 0.2) is 0 Å². The summed E-state index contributed by atoms with van der Waals surface area (Å²) in [4.78, 5) is 0. The molecule has 0 aromatic rings. The lowest BCUT2D eigenvalue weighted by atomic mass is 9.75. The summed E-state index contributed by atoms with van der Waals surface area (Å²) in [5.74, 6) is 2.73. The Morgan fingerprint density at radius 3 is 2.67 bits per heavy atom. The standard InChI is InChI=1S/C13H25NS/c1-13(7-3-2-4-8-13)11-14-12-6-5-9-15-10-12/h12,14H,2-11H2,1H3. The molecule has 1 N–H and O–H groups in total. The summed E-state index contributed by atoms with van der Waals surface area (Å²) in [6, 6.07) is 0.808. The van der Waals surface area contributed by atoms with Crippen molar-refractivity contribution in [2.75, 3.05) is 18.1 Å². The number of hydrogen-bond acceptors (Lipinski definition) is 2. The maximum atomic E-state index is 3.81. The van der Waals surface area contributed by atoms with Crippen LogP contribution in [0.5, 0.6) is 0 Å². The summed E-state index contributed by atoms with van der Waals surface area (Å²) in [7, 11) is 0. The van der Waals surface area contributed by atoms with Gasteiger partial charge >= 0.3 is 0 Å². The van der Waals surface area contributed by atoms with Crippen molar-refractivity contribution in [3.63, 3.8) is 0 Å². The lowest BCUT2D eigenvalue weighted by molar-refractivity contribution is 0.200. The Kier molecular flexibility index (Phi) is 4.39. The summed E-state index contributed by atoms with van der Waals surface area (Å²) in [5.41, 5.74) is 0.611. The Bertz CT molecular complexity index is 181. The van der Waals surface area contributed by atoms with E-state index in [4.69, 9.17) is 0 Å². The third kappa shape index (κ3) is 3.67. The fraction of sp³-hybridized carbons (Fsp3) is 1.00. The minimum atomic E-state index is 0.611. The van der Waals surface area contributed by atoms with Gasteiger partial charge in [-0.15, -0.1) is 0 Å². The van der Waals surface area contributed by atoms with Crippen LogP contribution in [-0.4, -0.2) is 24.1 Å². The van der Waals surface area contributed by atoms with Crippen molar-refractivity contribution in [1.29, 1.82) is 0 Å². The molecule has 0 aromatic carbocycles. The first-order valence-electron chi connectivity index (χ1n) is 6.60. The van der Waals surface area contributed by atoms with Crippen LogP contribution in [0, 0.1) is 5.41 Å². The van der Waals surface area contributed by atoms with Gasteiger partial charge < -0.3 is 5.32 Å². The fourth-order valence-electron chi connectivity index (χ4n) is 2.87. The van der Waals surface area contributed by atoms with E-state index in [1.165, 1.54) is 63.0 Å². The second-order valence-corrected chi connectivity index (χ2v) is 6.82. The molecule has 1 saturated heterocycles. The Morgan fingerprint density at radius 1 is 1.20 bits per heavy atom. The van der Waals surface area contributed by atoms with E-state index in [1.54, 1.807) is 0 Å². The zero-order valence-corrected chi connectivity index (χ0v) is 10.9. The largest absolute Gasteiger partial charge is 0.313 e. The van der Waals surface area contributed by atoms with Gasteiger partial charge in [0, 0.05) is 18.3 Å². The van der Waals surface area contributed by atoms with E-state index in [0.29, 0.717) is 5.41 Å². The molecule has 1 heterocycles. The van der Waals surface area contributed by atoms with Crippen LogP contribution in [-0.2, 0) is 0 Å². The summed E-state index contributed by atoms with van der Waals surface area (Å²) in [5, 5.41) is 3.81. The molecule has 1 aliphatic heterocycles. The zero-order valence-electron chi connectivity index (χ0n) is 10.1. The van der Waals surface area contributed by atoms with Crippen LogP contribution in [0.4, 0.5) is 0 Å². The predicted molar refractivity (Wildman–Crippen MR) is 69.5 cm³/mol. The Hall–Kier alpha value is 0.310. The molecule has 2 rings (SSSR count). The average Bonchev–Trinajstić information content (AvgIpc) is 2.29. The molecule has 0 amide bonds. The molecule has 1 aliphatic carbocycles. The highest BCUT2D eigenvalue weighted by Gasteiger charge is 2.27. The van der Waals surface area contributed by atoms with E-state index in [-0.39, 0.29) is 0 Å². The van der Waals surface area contributed by atoms with Gasteiger partial charge in [0.25, 0.3) is 0 Å². The van der Waals surface area contributed by atoms with E-state index in [0.717, 1.165) is 6.04 Å². The minimum absolute atomic E-state index is 0.611. The summed E-state index contributed by atoms with van der Waals surface area (Å²) in [6.07, 6.45) is 10.1. The summed E-state index contributed by atoms with van der Waals surface area (Å²) >= 11 is 2.13. The first kappa shape index (κ1) is 11.8. The van der Waals surface area contributed by atoms with Crippen LogP contribution in [0.25, 0.3) is 0 Å². The van der Waals surface area contributed by atoms with Gasteiger partial charge in [-0.1, -0.05) is 26.2 Å². The lowest BCUT2D eigenvalue weighted by Gasteiger charge is -2.36. The Morgan fingerprint density at radius 2 is 2.00 bits per heavy atom. The van der Waals surface area contributed by atoms with E-state index in [9.17, 15) is 0 Å².